The van der Waals surface area contributed by atoms with Gasteiger partial charge in [-0.2, -0.15) is 0 Å². The second-order valence-electron chi connectivity index (χ2n) is 3.03. The Morgan fingerprint density at radius 3 is 3.00 bits per heavy atom. The van der Waals surface area contributed by atoms with Crippen LogP contribution in [0.2, 0.25) is 0 Å². The average molecular weight is 272 g/mol. The highest BCUT2D eigenvalue weighted by atomic mass is 32.2. The van der Waals surface area contributed by atoms with Gasteiger partial charge in [-0.1, -0.05) is 0 Å². The van der Waals surface area contributed by atoms with Crippen molar-refractivity contribution in [3.05, 3.63) is 11.4 Å². The van der Waals surface area contributed by atoms with Crippen LogP contribution in [-0.2, 0) is 15.6 Å². The van der Waals surface area contributed by atoms with E-state index in [4.69, 9.17) is 4.84 Å². The summed E-state index contributed by atoms with van der Waals surface area (Å²) in [5.74, 6) is -0.278. The molecule has 0 N–H and O–H groups in total. The number of hydrogen-bond donors (Lipinski definition) is 0. The Hall–Kier alpha value is -1.61. The Morgan fingerprint density at radius 1 is 1.59 bits per heavy atom. The number of nitrogens with zero attached hydrogens (tertiary/aromatic N) is 4. The van der Waals surface area contributed by atoms with Crippen LogP contribution in [0.25, 0.3) is 11.4 Å². The van der Waals surface area contributed by atoms with Gasteiger partial charge in [0.1, 0.15) is 4.21 Å². The molecule has 2 heterocycles. The highest BCUT2D eigenvalue weighted by Gasteiger charge is 2.18. The Bertz CT molecular complexity index is 577. The molecule has 2 rings (SSSR count). The summed E-state index contributed by atoms with van der Waals surface area (Å²) in [4.78, 5) is 16.6. The number of rotatable bonds is 3. The molecular formula is C8H8N4O3S2. The van der Waals surface area contributed by atoms with Gasteiger partial charge in [-0.3, -0.25) is 4.21 Å². The smallest absolute Gasteiger partial charge is 0.316 e. The summed E-state index contributed by atoms with van der Waals surface area (Å²) in [6, 6.07) is 1.73. The minimum atomic E-state index is -1.15. The number of thiophene rings is 1. The molecule has 7 nitrogen and oxygen atoms in total. The maximum Gasteiger partial charge on any atom is 0.332 e. The number of aromatic nitrogens is 4. The molecule has 0 aliphatic heterocycles. The molecule has 0 radical (unpaired) electrons. The van der Waals surface area contributed by atoms with Crippen molar-refractivity contribution < 1.29 is 13.8 Å². The Balaban J connectivity index is 2.46. The Kier molecular flexibility index (Phi) is 3.29. The third-order valence-corrected chi connectivity index (χ3v) is 4.23. The highest BCUT2D eigenvalue weighted by molar-refractivity contribution is 7.86. The van der Waals surface area contributed by atoms with Crippen LogP contribution in [0.5, 0.6) is 0 Å². The van der Waals surface area contributed by atoms with Gasteiger partial charge in [0.25, 0.3) is 0 Å². The lowest BCUT2D eigenvalue weighted by atomic mass is 10.3. The molecule has 2 aromatic heterocycles. The van der Waals surface area contributed by atoms with Crippen LogP contribution in [0.15, 0.2) is 15.7 Å². The van der Waals surface area contributed by atoms with Gasteiger partial charge in [0.05, 0.1) is 16.4 Å². The molecule has 0 aliphatic carbocycles. The maximum atomic E-state index is 11.5. The number of carbonyl (C=O) groups is 1. The molecule has 17 heavy (non-hydrogen) atoms. The van der Waals surface area contributed by atoms with Crippen LogP contribution in [0.1, 0.15) is 6.92 Å². The number of carbonyl (C=O) groups excluding carboxylic acids is 1. The first-order chi connectivity index (χ1) is 8.09. The highest BCUT2D eigenvalue weighted by Crippen LogP contribution is 2.28. The van der Waals surface area contributed by atoms with Crippen molar-refractivity contribution in [1.29, 1.82) is 0 Å². The van der Waals surface area contributed by atoms with Gasteiger partial charge in [-0.25, -0.2) is 4.79 Å². The van der Waals surface area contributed by atoms with Crippen LogP contribution >= 0.6 is 11.3 Å². The van der Waals surface area contributed by atoms with Crippen LogP contribution in [-0.4, -0.2) is 36.8 Å². The monoisotopic (exact) mass is 272 g/mol. The topological polar surface area (TPSA) is 87.0 Å². The van der Waals surface area contributed by atoms with Gasteiger partial charge in [0, 0.05) is 13.2 Å². The van der Waals surface area contributed by atoms with E-state index in [0.29, 0.717) is 9.77 Å². The predicted octanol–water partition coefficient (Wildman–Crippen LogP) is 0.114. The van der Waals surface area contributed by atoms with Gasteiger partial charge >= 0.3 is 5.97 Å². The molecule has 0 saturated carbocycles. The molecule has 2 aromatic rings. The van der Waals surface area contributed by atoms with Crippen molar-refractivity contribution in [2.24, 2.45) is 0 Å². The second-order valence-corrected chi connectivity index (χ2v) is 5.53. The lowest BCUT2D eigenvalue weighted by Crippen LogP contribution is -2.19. The summed E-state index contributed by atoms with van der Waals surface area (Å²) in [7, 11) is -1.15. The lowest BCUT2D eigenvalue weighted by Gasteiger charge is -2.02. The largest absolute Gasteiger partial charge is 0.332 e. The fourth-order valence-corrected chi connectivity index (χ4v) is 3.00. The van der Waals surface area contributed by atoms with E-state index in [-0.39, 0.29) is 5.82 Å². The van der Waals surface area contributed by atoms with E-state index in [1.54, 1.807) is 17.7 Å². The molecule has 0 amide bonds. The third kappa shape index (κ3) is 2.39. The molecule has 0 saturated heterocycles. The normalized spacial score (nSPS) is 12.4. The van der Waals surface area contributed by atoms with E-state index < -0.39 is 16.8 Å². The first-order valence-electron chi connectivity index (χ1n) is 4.48. The summed E-state index contributed by atoms with van der Waals surface area (Å²) in [5, 5.41) is 12.5. The summed E-state index contributed by atoms with van der Waals surface area (Å²) in [6.45, 7) is 1.25. The van der Waals surface area contributed by atoms with Crippen molar-refractivity contribution in [3.8, 4) is 11.4 Å². The zero-order chi connectivity index (χ0) is 12.4. The fraction of sp³-hybridized carbons (Fsp3) is 0.250. The van der Waals surface area contributed by atoms with Crippen molar-refractivity contribution in [3.63, 3.8) is 0 Å². The molecule has 0 aliphatic rings. The minimum Gasteiger partial charge on any atom is -0.316 e. The van der Waals surface area contributed by atoms with Crippen molar-refractivity contribution in [2.75, 3.05) is 6.26 Å². The van der Waals surface area contributed by atoms with Crippen LogP contribution in [0.4, 0.5) is 0 Å². The molecule has 0 bridgehead atoms. The predicted molar refractivity (Wildman–Crippen MR) is 60.7 cm³/mol. The molecule has 0 aromatic carbocycles. The van der Waals surface area contributed by atoms with Gasteiger partial charge in [-0.05, 0) is 26.7 Å². The van der Waals surface area contributed by atoms with E-state index in [2.05, 4.69) is 15.5 Å². The second kappa shape index (κ2) is 4.72. The molecule has 90 valence electrons. The molecule has 0 fully saturated rings. The average Bonchev–Trinajstić information content (AvgIpc) is 2.82. The van der Waals surface area contributed by atoms with Crippen LogP contribution in [0.3, 0.4) is 0 Å². The van der Waals surface area contributed by atoms with Gasteiger partial charge in [-0.15, -0.1) is 16.4 Å². The Labute approximate surface area is 103 Å². The fourth-order valence-electron chi connectivity index (χ4n) is 1.20. The number of hydrogen-bond acceptors (Lipinski definition) is 7. The summed E-state index contributed by atoms with van der Waals surface area (Å²) >= 11 is 1.33. The van der Waals surface area contributed by atoms with E-state index in [0.717, 1.165) is 4.85 Å². The van der Waals surface area contributed by atoms with E-state index in [9.17, 15) is 9.00 Å². The quantitative estimate of drug-likeness (QED) is 0.737. The third-order valence-electron chi connectivity index (χ3n) is 1.79. The van der Waals surface area contributed by atoms with Crippen molar-refractivity contribution >= 4 is 28.1 Å². The van der Waals surface area contributed by atoms with Crippen LogP contribution in [0, 0.1) is 0 Å². The molecule has 9 heteroatoms. The van der Waals surface area contributed by atoms with Gasteiger partial charge in [0.2, 0.25) is 5.82 Å². The van der Waals surface area contributed by atoms with Gasteiger partial charge < -0.3 is 4.84 Å². The van der Waals surface area contributed by atoms with Crippen molar-refractivity contribution in [1.82, 2.24) is 20.4 Å². The van der Waals surface area contributed by atoms with Gasteiger partial charge in [0.15, 0.2) is 0 Å². The Morgan fingerprint density at radius 2 is 2.35 bits per heavy atom. The standard InChI is InChI=1S/C8H8N4O3S2/c1-5(13)15-12-7(9-10-11-12)6-3-4-16-8(6)17(2)14/h3-4H,1-2H3. The molecule has 0 spiro atoms. The number of tetrazole rings is 1. The molecule has 1 unspecified atom stereocenters. The zero-order valence-electron chi connectivity index (χ0n) is 8.98. The first-order valence-corrected chi connectivity index (χ1v) is 6.92. The minimum absolute atomic E-state index is 0.256. The molecule has 1 atom stereocenters. The van der Waals surface area contributed by atoms with Crippen LogP contribution < -0.4 is 4.84 Å². The zero-order valence-corrected chi connectivity index (χ0v) is 10.6. The lowest BCUT2D eigenvalue weighted by molar-refractivity contribution is -0.143. The summed E-state index contributed by atoms with van der Waals surface area (Å²) in [6.07, 6.45) is 1.56. The SMILES string of the molecule is CC(=O)On1nnnc1-c1ccsc1S(C)=O. The summed E-state index contributed by atoms with van der Waals surface area (Å²) < 4.78 is 12.1. The van der Waals surface area contributed by atoms with E-state index >= 15 is 0 Å². The maximum absolute atomic E-state index is 11.5. The van der Waals surface area contributed by atoms with E-state index in [1.165, 1.54) is 18.3 Å². The summed E-state index contributed by atoms with van der Waals surface area (Å²) in [5.41, 5.74) is 0.599. The first kappa shape index (κ1) is 11.9. The van der Waals surface area contributed by atoms with Crippen molar-refractivity contribution in [2.45, 2.75) is 11.1 Å². The van der Waals surface area contributed by atoms with E-state index in [1.807, 2.05) is 0 Å². The molecular weight excluding hydrogens is 264 g/mol.